The summed E-state index contributed by atoms with van der Waals surface area (Å²) >= 11 is 0. The maximum Gasteiger partial charge on any atom is 0.133 e. The van der Waals surface area contributed by atoms with Crippen LogP contribution in [0.5, 0.6) is 0 Å². The van der Waals surface area contributed by atoms with Crippen LogP contribution < -0.4 is 0 Å². The second-order valence-electron chi connectivity index (χ2n) is 4.03. The number of unbranched alkanes of at least 4 members (excludes halogenated alkanes) is 1. The predicted molar refractivity (Wildman–Crippen MR) is 70.8 cm³/mol. The minimum atomic E-state index is 0.134. The van der Waals surface area contributed by atoms with Crippen LogP contribution in [-0.2, 0) is 6.54 Å². The number of imidazole rings is 1. The molecule has 0 saturated heterocycles. The van der Waals surface area contributed by atoms with Crippen molar-refractivity contribution >= 4 is 17.1 Å². The van der Waals surface area contributed by atoms with E-state index in [1.54, 1.807) is 0 Å². The highest BCUT2D eigenvalue weighted by Crippen LogP contribution is 2.17. The van der Waals surface area contributed by atoms with E-state index >= 15 is 0 Å². The lowest BCUT2D eigenvalue weighted by molar-refractivity contribution is 0.277. The standard InChI is InChI=1S/C14H18N2O/c1-2-3-4-9-14-15-12-7-5-6-8-13(12)16(14)10-11-17/h4-9,17H,2-3,10-11H2,1H3. The van der Waals surface area contributed by atoms with E-state index in [4.69, 9.17) is 5.11 Å². The summed E-state index contributed by atoms with van der Waals surface area (Å²) < 4.78 is 2.06. The topological polar surface area (TPSA) is 38.0 Å². The molecular formula is C14H18N2O. The smallest absolute Gasteiger partial charge is 0.133 e. The van der Waals surface area contributed by atoms with E-state index in [0.717, 1.165) is 29.7 Å². The first kappa shape index (κ1) is 11.9. The Bertz CT molecular complexity index is 514. The Balaban J connectivity index is 2.42. The average molecular weight is 230 g/mol. The zero-order valence-electron chi connectivity index (χ0n) is 10.1. The van der Waals surface area contributed by atoms with Gasteiger partial charge in [-0.15, -0.1) is 0 Å². The van der Waals surface area contributed by atoms with E-state index < -0.39 is 0 Å². The first-order chi connectivity index (χ1) is 8.36. The molecule has 1 aromatic heterocycles. The van der Waals surface area contributed by atoms with Gasteiger partial charge in [-0.25, -0.2) is 4.98 Å². The lowest BCUT2D eigenvalue weighted by Gasteiger charge is -2.03. The van der Waals surface area contributed by atoms with Crippen molar-refractivity contribution in [2.24, 2.45) is 0 Å². The Morgan fingerprint density at radius 1 is 1.35 bits per heavy atom. The molecule has 17 heavy (non-hydrogen) atoms. The highest BCUT2D eigenvalue weighted by atomic mass is 16.3. The average Bonchev–Trinajstić information content (AvgIpc) is 2.69. The van der Waals surface area contributed by atoms with Crippen molar-refractivity contribution in [1.82, 2.24) is 9.55 Å². The van der Waals surface area contributed by atoms with E-state index in [-0.39, 0.29) is 6.61 Å². The van der Waals surface area contributed by atoms with Gasteiger partial charge >= 0.3 is 0 Å². The lowest BCUT2D eigenvalue weighted by Crippen LogP contribution is -2.03. The van der Waals surface area contributed by atoms with Gasteiger partial charge in [-0.3, -0.25) is 0 Å². The summed E-state index contributed by atoms with van der Waals surface area (Å²) in [6, 6.07) is 8.02. The number of para-hydroxylation sites is 2. The van der Waals surface area contributed by atoms with Gasteiger partial charge in [0.2, 0.25) is 0 Å². The van der Waals surface area contributed by atoms with Gasteiger partial charge in [0.05, 0.1) is 17.6 Å². The fourth-order valence-electron chi connectivity index (χ4n) is 1.91. The zero-order valence-corrected chi connectivity index (χ0v) is 10.1. The van der Waals surface area contributed by atoms with Crippen molar-refractivity contribution in [3.05, 3.63) is 36.2 Å². The number of aliphatic hydroxyl groups excluding tert-OH is 1. The Morgan fingerprint density at radius 3 is 2.94 bits per heavy atom. The molecule has 0 saturated carbocycles. The van der Waals surface area contributed by atoms with Gasteiger partial charge in [0, 0.05) is 6.54 Å². The molecule has 0 aliphatic heterocycles. The number of benzene rings is 1. The van der Waals surface area contributed by atoms with Crippen LogP contribution in [0.3, 0.4) is 0 Å². The second-order valence-corrected chi connectivity index (χ2v) is 4.03. The molecule has 0 bridgehead atoms. The number of fused-ring (bicyclic) bond motifs is 1. The molecule has 1 aromatic carbocycles. The van der Waals surface area contributed by atoms with E-state index in [2.05, 4.69) is 22.6 Å². The van der Waals surface area contributed by atoms with Crippen LogP contribution in [0, 0.1) is 0 Å². The Labute approximate surface area is 101 Å². The molecule has 0 fully saturated rings. The molecule has 0 amide bonds. The molecule has 0 aliphatic rings. The third-order valence-corrected chi connectivity index (χ3v) is 2.73. The van der Waals surface area contributed by atoms with Crippen molar-refractivity contribution < 1.29 is 5.11 Å². The molecule has 3 nitrogen and oxygen atoms in total. The van der Waals surface area contributed by atoms with Gasteiger partial charge in [-0.1, -0.05) is 31.6 Å². The van der Waals surface area contributed by atoms with Crippen LogP contribution in [0.2, 0.25) is 0 Å². The summed E-state index contributed by atoms with van der Waals surface area (Å²) in [6.07, 6.45) is 6.37. The van der Waals surface area contributed by atoms with E-state index in [9.17, 15) is 0 Å². The number of aromatic nitrogens is 2. The lowest BCUT2D eigenvalue weighted by atomic mass is 10.3. The molecule has 1 N–H and O–H groups in total. The maximum absolute atomic E-state index is 9.12. The monoisotopic (exact) mass is 230 g/mol. The van der Waals surface area contributed by atoms with Crippen LogP contribution in [0.4, 0.5) is 0 Å². The summed E-state index contributed by atoms with van der Waals surface area (Å²) in [5.41, 5.74) is 2.06. The summed E-state index contributed by atoms with van der Waals surface area (Å²) in [5, 5.41) is 9.12. The summed E-state index contributed by atoms with van der Waals surface area (Å²) in [7, 11) is 0. The van der Waals surface area contributed by atoms with Gasteiger partial charge in [0.25, 0.3) is 0 Å². The molecule has 90 valence electrons. The SMILES string of the molecule is CCCC=Cc1nc2ccccc2n1CCO. The van der Waals surface area contributed by atoms with E-state index in [1.165, 1.54) is 0 Å². The minimum Gasteiger partial charge on any atom is -0.395 e. The van der Waals surface area contributed by atoms with Crippen LogP contribution in [0.15, 0.2) is 30.3 Å². The van der Waals surface area contributed by atoms with Gasteiger partial charge in [0.15, 0.2) is 0 Å². The van der Waals surface area contributed by atoms with E-state index in [0.29, 0.717) is 6.54 Å². The molecule has 0 atom stereocenters. The maximum atomic E-state index is 9.12. The summed E-state index contributed by atoms with van der Waals surface area (Å²) in [6.45, 7) is 2.88. The van der Waals surface area contributed by atoms with E-state index in [1.807, 2.05) is 30.3 Å². The minimum absolute atomic E-state index is 0.134. The Kier molecular flexibility index (Phi) is 3.94. The first-order valence-corrected chi connectivity index (χ1v) is 6.09. The molecule has 1 heterocycles. The summed E-state index contributed by atoms with van der Waals surface area (Å²) in [5.74, 6) is 0.925. The third-order valence-electron chi connectivity index (χ3n) is 2.73. The molecule has 0 spiro atoms. The largest absolute Gasteiger partial charge is 0.395 e. The molecule has 2 rings (SSSR count). The molecular weight excluding hydrogens is 212 g/mol. The van der Waals surface area contributed by atoms with Crippen LogP contribution >= 0.6 is 0 Å². The highest BCUT2D eigenvalue weighted by Gasteiger charge is 2.06. The van der Waals surface area contributed by atoms with Crippen molar-refractivity contribution in [1.29, 1.82) is 0 Å². The van der Waals surface area contributed by atoms with Gasteiger partial charge < -0.3 is 9.67 Å². The number of hydrogen-bond acceptors (Lipinski definition) is 2. The number of hydrogen-bond donors (Lipinski definition) is 1. The number of aliphatic hydroxyl groups is 1. The number of rotatable bonds is 5. The molecule has 3 heteroatoms. The van der Waals surface area contributed by atoms with Gasteiger partial charge in [-0.05, 0) is 24.6 Å². The molecule has 0 unspecified atom stereocenters. The number of nitrogens with zero attached hydrogens (tertiary/aromatic N) is 2. The van der Waals surface area contributed by atoms with Crippen molar-refractivity contribution in [3.8, 4) is 0 Å². The molecule has 2 aromatic rings. The van der Waals surface area contributed by atoms with Crippen LogP contribution in [0.25, 0.3) is 17.1 Å². The van der Waals surface area contributed by atoms with Gasteiger partial charge in [0.1, 0.15) is 5.82 Å². The summed E-state index contributed by atoms with van der Waals surface area (Å²) in [4.78, 5) is 4.57. The fourth-order valence-corrected chi connectivity index (χ4v) is 1.91. The zero-order chi connectivity index (χ0) is 12.1. The molecule has 0 radical (unpaired) electrons. The predicted octanol–water partition coefficient (Wildman–Crippen LogP) is 2.84. The Morgan fingerprint density at radius 2 is 2.18 bits per heavy atom. The Hall–Kier alpha value is -1.61. The van der Waals surface area contributed by atoms with Gasteiger partial charge in [-0.2, -0.15) is 0 Å². The van der Waals surface area contributed by atoms with Crippen molar-refractivity contribution in [2.75, 3.05) is 6.61 Å². The third kappa shape index (κ3) is 2.56. The fraction of sp³-hybridized carbons (Fsp3) is 0.357. The normalized spacial score (nSPS) is 11.6. The first-order valence-electron chi connectivity index (χ1n) is 6.09. The molecule has 0 aliphatic carbocycles. The second kappa shape index (κ2) is 5.64. The van der Waals surface area contributed by atoms with Crippen LogP contribution in [0.1, 0.15) is 25.6 Å². The van der Waals surface area contributed by atoms with Crippen molar-refractivity contribution in [2.45, 2.75) is 26.3 Å². The van der Waals surface area contributed by atoms with Crippen LogP contribution in [-0.4, -0.2) is 21.3 Å². The quantitative estimate of drug-likeness (QED) is 0.857. The number of allylic oxidation sites excluding steroid dienone is 1. The highest BCUT2D eigenvalue weighted by molar-refractivity contribution is 5.77. The van der Waals surface area contributed by atoms with Crippen molar-refractivity contribution in [3.63, 3.8) is 0 Å².